The number of thiazole rings is 1. The van der Waals surface area contributed by atoms with Crippen molar-refractivity contribution in [3.63, 3.8) is 0 Å². The molecule has 1 aromatic heterocycles. The van der Waals surface area contributed by atoms with E-state index in [1.165, 1.54) is 11.3 Å². The number of rotatable bonds is 7. The first kappa shape index (κ1) is 25.6. The fourth-order valence-electron chi connectivity index (χ4n) is 3.77. The quantitative estimate of drug-likeness (QED) is 0.467. The molecule has 0 aliphatic carbocycles. The van der Waals surface area contributed by atoms with Crippen molar-refractivity contribution in [3.05, 3.63) is 61.1 Å². The normalized spacial score (nSPS) is 20.7. The van der Waals surface area contributed by atoms with E-state index in [1.54, 1.807) is 30.2 Å². The number of aliphatic imine (C=N–C) groups is 1. The minimum Gasteiger partial charge on any atom is -0.463 e. The Morgan fingerprint density at radius 2 is 2.26 bits per heavy atom. The van der Waals surface area contributed by atoms with Crippen LogP contribution in [0.15, 0.2) is 50.5 Å². The number of hydrogen-bond donors (Lipinski definition) is 2. The molecule has 10 nitrogen and oxygen atoms in total. The molecule has 2 aliphatic rings. The third-order valence-electron chi connectivity index (χ3n) is 5.30. The van der Waals surface area contributed by atoms with Crippen LogP contribution in [0.25, 0.3) is 0 Å². The molecular formula is C22H22BrClN4O6S. The fourth-order valence-corrected chi connectivity index (χ4v) is 4.87. The van der Waals surface area contributed by atoms with Crippen molar-refractivity contribution >= 4 is 56.8 Å². The van der Waals surface area contributed by atoms with E-state index in [1.807, 2.05) is 11.4 Å². The van der Waals surface area contributed by atoms with Crippen LogP contribution in [-0.4, -0.2) is 72.1 Å². The summed E-state index contributed by atoms with van der Waals surface area (Å²) in [5.41, 5.74) is 1.54. The van der Waals surface area contributed by atoms with Crippen LogP contribution in [-0.2, 0) is 19.0 Å². The molecule has 186 valence electrons. The maximum absolute atomic E-state index is 13.2. The summed E-state index contributed by atoms with van der Waals surface area (Å²) < 4.78 is 16.5. The number of benzene rings is 1. The minimum absolute atomic E-state index is 0.0787. The van der Waals surface area contributed by atoms with Gasteiger partial charge in [0.15, 0.2) is 17.1 Å². The molecule has 0 bridgehead atoms. The number of ether oxygens (including phenoxy) is 3. The van der Waals surface area contributed by atoms with E-state index in [9.17, 15) is 9.59 Å². The third kappa shape index (κ3) is 6.01. The number of hydrogen-bond acceptors (Lipinski definition) is 10. The summed E-state index contributed by atoms with van der Waals surface area (Å²) in [6.07, 6.45) is -0.568. The number of amidine groups is 1. The van der Waals surface area contributed by atoms with Gasteiger partial charge in [0.05, 0.1) is 30.4 Å². The number of esters is 1. The van der Waals surface area contributed by atoms with Crippen molar-refractivity contribution < 1.29 is 28.9 Å². The van der Waals surface area contributed by atoms with Gasteiger partial charge in [-0.2, -0.15) is 0 Å². The largest absolute Gasteiger partial charge is 0.507 e. The van der Waals surface area contributed by atoms with Crippen LogP contribution in [0.4, 0.5) is 4.79 Å². The molecule has 13 heteroatoms. The molecule has 3 heterocycles. The first-order valence-corrected chi connectivity index (χ1v) is 12.7. The van der Waals surface area contributed by atoms with E-state index in [0.717, 1.165) is 5.56 Å². The minimum atomic E-state index is -1.41. The van der Waals surface area contributed by atoms with Gasteiger partial charge in [-0.1, -0.05) is 17.7 Å². The highest BCUT2D eigenvalue weighted by atomic mass is 79.9. The van der Waals surface area contributed by atoms with E-state index in [0.29, 0.717) is 44.8 Å². The van der Waals surface area contributed by atoms with Gasteiger partial charge in [-0.3, -0.25) is 9.89 Å². The van der Waals surface area contributed by atoms with Gasteiger partial charge < -0.3 is 24.6 Å². The van der Waals surface area contributed by atoms with Crippen LogP contribution in [0.1, 0.15) is 23.5 Å². The summed E-state index contributed by atoms with van der Waals surface area (Å²) in [5, 5.41) is 15.4. The Labute approximate surface area is 218 Å². The number of carboxylic acid groups (broad SMARTS) is 1. The molecule has 1 saturated heterocycles. The summed E-state index contributed by atoms with van der Waals surface area (Å²) in [6, 6.07) is 4.62. The molecule has 2 aromatic rings. The molecule has 0 saturated carbocycles. The molecule has 0 unspecified atom stereocenters. The van der Waals surface area contributed by atoms with Crippen molar-refractivity contribution in [1.29, 1.82) is 0 Å². The lowest BCUT2D eigenvalue weighted by atomic mass is 9.95. The maximum atomic E-state index is 13.2. The van der Waals surface area contributed by atoms with Crippen molar-refractivity contribution in [2.75, 3.05) is 32.9 Å². The maximum Gasteiger partial charge on any atom is 0.507 e. The number of carbonyl (C=O) groups excluding carboxylic acids is 1. The van der Waals surface area contributed by atoms with E-state index >= 15 is 0 Å². The fraction of sp³-hybridized carbons (Fsp3) is 0.364. The number of nitrogens with zero attached hydrogens (tertiary/aromatic N) is 3. The molecule has 2 aliphatic heterocycles. The van der Waals surface area contributed by atoms with Gasteiger partial charge in [-0.25, -0.2) is 14.6 Å². The van der Waals surface area contributed by atoms with E-state index < -0.39 is 24.4 Å². The summed E-state index contributed by atoms with van der Waals surface area (Å²) in [5.74, 6) is -0.0416. The lowest BCUT2D eigenvalue weighted by Gasteiger charge is -2.36. The average Bonchev–Trinajstić information content (AvgIpc) is 3.36. The van der Waals surface area contributed by atoms with Crippen molar-refractivity contribution in [3.8, 4) is 0 Å². The van der Waals surface area contributed by atoms with Crippen LogP contribution in [0, 0.1) is 0 Å². The van der Waals surface area contributed by atoms with Crippen LogP contribution >= 0.6 is 38.9 Å². The Morgan fingerprint density at radius 1 is 1.43 bits per heavy atom. The van der Waals surface area contributed by atoms with Crippen molar-refractivity contribution in [1.82, 2.24) is 15.2 Å². The highest BCUT2D eigenvalue weighted by Gasteiger charge is 2.36. The van der Waals surface area contributed by atoms with E-state index in [2.05, 4.69) is 26.2 Å². The van der Waals surface area contributed by atoms with Crippen molar-refractivity contribution in [2.24, 2.45) is 4.99 Å². The molecular weight excluding hydrogens is 564 g/mol. The summed E-state index contributed by atoms with van der Waals surface area (Å²) in [6.45, 7) is 2.95. The Kier molecular flexibility index (Phi) is 8.39. The number of morpholine rings is 1. The zero-order chi connectivity index (χ0) is 24.9. The predicted molar refractivity (Wildman–Crippen MR) is 133 cm³/mol. The molecule has 4 rings (SSSR count). The SMILES string of the molecule is CCOC(=O)C1=C(CN2CCOC[C@@H]2OC(=O)O)NC(c2nccs2)=N[C@H]1c1ccc(Cl)c(Br)c1. The van der Waals surface area contributed by atoms with Gasteiger partial charge in [0.25, 0.3) is 0 Å². The Bertz CT molecular complexity index is 1160. The van der Waals surface area contributed by atoms with Crippen LogP contribution in [0.5, 0.6) is 0 Å². The number of halogens is 2. The van der Waals surface area contributed by atoms with Crippen LogP contribution in [0.2, 0.25) is 5.02 Å². The third-order valence-corrected chi connectivity index (χ3v) is 7.30. The standard InChI is InChI=1S/C22H22BrClN4O6S/c1-2-33-21(29)17-15(10-28-6-7-32-11-16(28)34-22(30)31)26-19(20-25-5-8-35-20)27-18(17)12-3-4-14(24)13(23)9-12/h3-5,8-9,16,18H,2,6-7,10-11H2,1H3,(H,26,27)(H,30,31)/t16-,18-/m0/s1. The number of carbonyl (C=O) groups is 2. The lowest BCUT2D eigenvalue weighted by molar-refractivity contribution is -0.139. The van der Waals surface area contributed by atoms with Gasteiger partial charge in [-0.15, -0.1) is 11.3 Å². The van der Waals surface area contributed by atoms with Gasteiger partial charge in [0.1, 0.15) is 6.04 Å². The first-order chi connectivity index (χ1) is 16.9. The Hall–Kier alpha value is -2.51. The van der Waals surface area contributed by atoms with Gasteiger partial charge in [-0.05, 0) is 40.5 Å². The van der Waals surface area contributed by atoms with Gasteiger partial charge >= 0.3 is 12.1 Å². The molecule has 0 amide bonds. The van der Waals surface area contributed by atoms with Crippen LogP contribution in [0.3, 0.4) is 0 Å². The molecule has 1 fully saturated rings. The molecule has 0 radical (unpaired) electrons. The van der Waals surface area contributed by atoms with Gasteiger partial charge in [0, 0.05) is 34.8 Å². The topological polar surface area (TPSA) is 123 Å². The Morgan fingerprint density at radius 3 is 2.94 bits per heavy atom. The summed E-state index contributed by atoms with van der Waals surface area (Å²) >= 11 is 11.1. The van der Waals surface area contributed by atoms with Crippen molar-refractivity contribution in [2.45, 2.75) is 19.2 Å². The van der Waals surface area contributed by atoms with E-state index in [-0.39, 0.29) is 19.8 Å². The van der Waals surface area contributed by atoms with Crippen LogP contribution < -0.4 is 5.32 Å². The smallest absolute Gasteiger partial charge is 0.463 e. The zero-order valence-electron chi connectivity index (χ0n) is 18.6. The second-order valence-electron chi connectivity index (χ2n) is 7.51. The number of nitrogens with one attached hydrogen (secondary N) is 1. The first-order valence-electron chi connectivity index (χ1n) is 10.7. The monoisotopic (exact) mass is 584 g/mol. The highest BCUT2D eigenvalue weighted by Crippen LogP contribution is 2.36. The molecule has 1 aromatic carbocycles. The zero-order valence-corrected chi connectivity index (χ0v) is 21.7. The Balaban J connectivity index is 1.80. The molecule has 2 N–H and O–H groups in total. The van der Waals surface area contributed by atoms with Gasteiger partial charge in [0.2, 0.25) is 0 Å². The highest BCUT2D eigenvalue weighted by molar-refractivity contribution is 9.10. The van der Waals surface area contributed by atoms with E-state index in [4.69, 9.17) is 35.9 Å². The summed E-state index contributed by atoms with van der Waals surface area (Å²) in [4.78, 5) is 35.4. The second-order valence-corrected chi connectivity index (χ2v) is 9.67. The lowest BCUT2D eigenvalue weighted by Crippen LogP contribution is -2.50. The summed E-state index contributed by atoms with van der Waals surface area (Å²) in [7, 11) is 0. The second kappa shape index (κ2) is 11.5. The molecule has 2 atom stereocenters. The average molecular weight is 586 g/mol. The number of aromatic nitrogens is 1. The molecule has 0 spiro atoms. The predicted octanol–water partition coefficient (Wildman–Crippen LogP) is 3.82. The molecule has 35 heavy (non-hydrogen) atoms.